The maximum atomic E-state index is 6.50. The van der Waals surface area contributed by atoms with Crippen LogP contribution in [0.15, 0.2) is 45.3 Å². The van der Waals surface area contributed by atoms with E-state index in [2.05, 4.69) is 82.1 Å². The van der Waals surface area contributed by atoms with Gasteiger partial charge in [-0.3, -0.25) is 0 Å². The van der Waals surface area contributed by atoms with Crippen LogP contribution in [0.1, 0.15) is 65.2 Å². The first-order valence-corrected chi connectivity index (χ1v) is 13.6. The molecule has 0 aliphatic heterocycles. The monoisotopic (exact) mass is 558 g/mol. The van der Waals surface area contributed by atoms with Crippen molar-refractivity contribution in [2.75, 3.05) is 13.2 Å². The van der Waals surface area contributed by atoms with Crippen LogP contribution in [0, 0.1) is 0 Å². The minimum atomic E-state index is 0.720. The van der Waals surface area contributed by atoms with Gasteiger partial charge in [0.15, 0.2) is 11.5 Å². The fourth-order valence-corrected chi connectivity index (χ4v) is 5.46. The van der Waals surface area contributed by atoms with Crippen LogP contribution < -0.4 is 9.47 Å². The van der Waals surface area contributed by atoms with Crippen LogP contribution in [-0.2, 0) is 0 Å². The number of unbranched alkanes of at least 4 members (excludes halogenated alkanes) is 6. The SMILES string of the molecule is CCCCCCOc1c(OCCCCCC)c2ccc(Br)c3ccc4c(Br)ccc1c4c32. The zero-order chi connectivity index (χ0) is 22.5. The minimum absolute atomic E-state index is 0.720. The van der Waals surface area contributed by atoms with Crippen molar-refractivity contribution >= 4 is 64.2 Å². The molecule has 0 atom stereocenters. The van der Waals surface area contributed by atoms with Crippen LogP contribution >= 0.6 is 31.9 Å². The third-order valence-corrected chi connectivity index (χ3v) is 7.62. The Bertz CT molecular complexity index is 1090. The fraction of sp³-hybridized carbons (Fsp3) is 0.429. The molecule has 0 bridgehead atoms. The largest absolute Gasteiger partial charge is 0.489 e. The van der Waals surface area contributed by atoms with Crippen molar-refractivity contribution in [3.05, 3.63) is 45.3 Å². The first kappa shape index (κ1) is 23.6. The van der Waals surface area contributed by atoms with Crippen molar-refractivity contribution in [2.45, 2.75) is 65.2 Å². The molecule has 0 aliphatic rings. The molecule has 0 aromatic heterocycles. The van der Waals surface area contributed by atoms with E-state index < -0.39 is 0 Å². The summed E-state index contributed by atoms with van der Waals surface area (Å²) < 4.78 is 15.2. The topological polar surface area (TPSA) is 18.5 Å². The Balaban J connectivity index is 1.84. The first-order chi connectivity index (χ1) is 15.7. The van der Waals surface area contributed by atoms with Crippen molar-refractivity contribution in [1.82, 2.24) is 0 Å². The van der Waals surface area contributed by atoms with Crippen LogP contribution in [0.5, 0.6) is 11.5 Å². The molecule has 0 aliphatic carbocycles. The Labute approximate surface area is 208 Å². The van der Waals surface area contributed by atoms with Gasteiger partial charge in [0.25, 0.3) is 0 Å². The van der Waals surface area contributed by atoms with E-state index in [0.717, 1.165) is 57.3 Å². The number of ether oxygens (including phenoxy) is 2. The van der Waals surface area contributed by atoms with Crippen molar-refractivity contribution in [3.8, 4) is 11.5 Å². The first-order valence-electron chi connectivity index (χ1n) is 12.0. The maximum absolute atomic E-state index is 6.50. The summed E-state index contributed by atoms with van der Waals surface area (Å²) in [4.78, 5) is 0. The number of benzene rings is 4. The van der Waals surface area contributed by atoms with Gasteiger partial charge in [-0.15, -0.1) is 0 Å². The number of rotatable bonds is 12. The van der Waals surface area contributed by atoms with Gasteiger partial charge in [-0.2, -0.15) is 0 Å². The third kappa shape index (κ3) is 4.72. The molecule has 0 saturated carbocycles. The highest BCUT2D eigenvalue weighted by molar-refractivity contribution is 9.11. The van der Waals surface area contributed by atoms with Gasteiger partial charge in [0.1, 0.15) is 0 Å². The van der Waals surface area contributed by atoms with Crippen molar-refractivity contribution in [1.29, 1.82) is 0 Å². The predicted octanol–water partition coefficient (Wildman–Crippen LogP) is 10.0. The molecule has 4 heteroatoms. The van der Waals surface area contributed by atoms with Gasteiger partial charge in [-0.1, -0.05) is 96.4 Å². The highest BCUT2D eigenvalue weighted by Crippen LogP contribution is 2.49. The molecule has 2 nitrogen and oxygen atoms in total. The molecular formula is C28H32Br2O2. The fourth-order valence-electron chi connectivity index (χ4n) is 4.54. The quantitative estimate of drug-likeness (QED) is 0.127. The molecule has 0 spiro atoms. The molecule has 0 heterocycles. The molecule has 0 saturated heterocycles. The average Bonchev–Trinajstić information content (AvgIpc) is 2.80. The summed E-state index contributed by atoms with van der Waals surface area (Å²) in [5.74, 6) is 1.80. The summed E-state index contributed by atoms with van der Waals surface area (Å²) in [5, 5.41) is 7.19. The Morgan fingerprint density at radius 1 is 0.531 bits per heavy atom. The van der Waals surface area contributed by atoms with Gasteiger partial charge in [-0.25, -0.2) is 0 Å². The molecule has 170 valence electrons. The third-order valence-electron chi connectivity index (χ3n) is 6.24. The highest BCUT2D eigenvalue weighted by atomic mass is 79.9. The minimum Gasteiger partial charge on any atom is -0.489 e. The van der Waals surface area contributed by atoms with Crippen LogP contribution in [0.3, 0.4) is 0 Å². The van der Waals surface area contributed by atoms with Crippen LogP contribution in [0.2, 0.25) is 0 Å². The summed E-state index contributed by atoms with van der Waals surface area (Å²) in [6.07, 6.45) is 9.50. The summed E-state index contributed by atoms with van der Waals surface area (Å²) in [6.45, 7) is 5.92. The van der Waals surface area contributed by atoms with E-state index in [1.807, 2.05) is 0 Å². The van der Waals surface area contributed by atoms with Crippen LogP contribution in [-0.4, -0.2) is 13.2 Å². The molecule has 32 heavy (non-hydrogen) atoms. The molecule has 4 aromatic rings. The molecule has 0 N–H and O–H groups in total. The zero-order valence-corrected chi connectivity index (χ0v) is 22.3. The summed E-state index contributed by atoms with van der Waals surface area (Å²) in [6, 6.07) is 13.0. The standard InChI is InChI=1S/C28H32Br2O2/c1-3-5-7-9-17-31-27-21-13-15-23(29)19-11-12-20-24(30)16-14-22(26(20)25(19)21)28(27)32-18-10-8-6-4-2/h11-16H,3-10,17-18H2,1-2H3. The molecule has 0 fully saturated rings. The molecule has 0 unspecified atom stereocenters. The highest BCUT2D eigenvalue weighted by Gasteiger charge is 2.22. The lowest BCUT2D eigenvalue weighted by Gasteiger charge is -2.21. The number of hydrogen-bond donors (Lipinski definition) is 0. The summed E-state index contributed by atoms with van der Waals surface area (Å²) in [5.41, 5.74) is 0. The van der Waals surface area contributed by atoms with Crippen molar-refractivity contribution in [3.63, 3.8) is 0 Å². The number of hydrogen-bond acceptors (Lipinski definition) is 2. The smallest absolute Gasteiger partial charge is 0.169 e. The molecule has 4 aromatic carbocycles. The molecule has 0 radical (unpaired) electrons. The van der Waals surface area contributed by atoms with E-state index in [4.69, 9.17) is 9.47 Å². The number of halogens is 2. The van der Waals surface area contributed by atoms with E-state index in [9.17, 15) is 0 Å². The van der Waals surface area contributed by atoms with Crippen molar-refractivity contribution in [2.24, 2.45) is 0 Å². The lowest BCUT2D eigenvalue weighted by molar-refractivity contribution is 0.264. The van der Waals surface area contributed by atoms with Crippen molar-refractivity contribution < 1.29 is 9.47 Å². The molecular weight excluding hydrogens is 528 g/mol. The maximum Gasteiger partial charge on any atom is 0.169 e. The van der Waals surface area contributed by atoms with E-state index in [0.29, 0.717) is 0 Å². The van der Waals surface area contributed by atoms with Gasteiger partial charge in [0, 0.05) is 30.5 Å². The Hall–Kier alpha value is -1.52. The second-order valence-electron chi connectivity index (χ2n) is 8.58. The summed E-state index contributed by atoms with van der Waals surface area (Å²) >= 11 is 7.53. The van der Waals surface area contributed by atoms with Gasteiger partial charge in [0.2, 0.25) is 0 Å². The van der Waals surface area contributed by atoms with E-state index >= 15 is 0 Å². The van der Waals surface area contributed by atoms with Gasteiger partial charge < -0.3 is 9.47 Å². The Kier molecular flexibility index (Phi) is 8.17. The average molecular weight is 560 g/mol. The second-order valence-corrected chi connectivity index (χ2v) is 10.3. The Morgan fingerprint density at radius 3 is 1.34 bits per heavy atom. The molecule has 4 rings (SSSR count). The normalized spacial score (nSPS) is 11.8. The van der Waals surface area contributed by atoms with E-state index in [-0.39, 0.29) is 0 Å². The van der Waals surface area contributed by atoms with Gasteiger partial charge in [-0.05, 0) is 47.9 Å². The Morgan fingerprint density at radius 2 is 0.938 bits per heavy atom. The zero-order valence-electron chi connectivity index (χ0n) is 19.1. The van der Waals surface area contributed by atoms with Crippen LogP contribution in [0.25, 0.3) is 32.3 Å². The molecule has 0 amide bonds. The van der Waals surface area contributed by atoms with Crippen LogP contribution in [0.4, 0.5) is 0 Å². The van der Waals surface area contributed by atoms with E-state index in [1.54, 1.807) is 0 Å². The van der Waals surface area contributed by atoms with Gasteiger partial charge in [0.05, 0.1) is 13.2 Å². The lowest BCUT2D eigenvalue weighted by Crippen LogP contribution is -2.05. The predicted molar refractivity (Wildman–Crippen MR) is 145 cm³/mol. The second kappa shape index (κ2) is 11.1. The van der Waals surface area contributed by atoms with E-state index in [1.165, 1.54) is 60.1 Å². The summed E-state index contributed by atoms with van der Waals surface area (Å²) in [7, 11) is 0. The van der Waals surface area contributed by atoms with Gasteiger partial charge >= 0.3 is 0 Å². The lowest BCUT2D eigenvalue weighted by atomic mass is 9.93.